The summed E-state index contributed by atoms with van der Waals surface area (Å²) in [5, 5.41) is 22.7. The zero-order chi connectivity index (χ0) is 18.8. The number of amides is 1. The zero-order valence-corrected chi connectivity index (χ0v) is 15.3. The third kappa shape index (κ3) is 13.6. The lowest BCUT2D eigenvalue weighted by Gasteiger charge is -2.02. The van der Waals surface area contributed by atoms with E-state index in [2.05, 4.69) is 24.5 Å². The van der Waals surface area contributed by atoms with Crippen LogP contribution in [0.3, 0.4) is 0 Å². The number of unbranched alkanes of at least 4 members (excludes halogenated alkanes) is 5. The SMILES string of the molecule is CCCCCCCC.CNC.O=CNc1ccc(C(=O)O)cc1O. The molecule has 0 atom stereocenters. The molecule has 1 rings (SSSR count). The molecule has 1 amide bonds. The Balaban J connectivity index is 0. The van der Waals surface area contributed by atoms with E-state index in [4.69, 9.17) is 5.11 Å². The van der Waals surface area contributed by atoms with Crippen molar-refractivity contribution in [3.8, 4) is 5.75 Å². The van der Waals surface area contributed by atoms with E-state index in [-0.39, 0.29) is 17.0 Å². The molecule has 24 heavy (non-hydrogen) atoms. The Morgan fingerprint density at radius 3 is 1.92 bits per heavy atom. The van der Waals surface area contributed by atoms with Gasteiger partial charge < -0.3 is 20.8 Å². The van der Waals surface area contributed by atoms with Crippen LogP contribution < -0.4 is 10.6 Å². The van der Waals surface area contributed by atoms with Crippen LogP contribution in [0.5, 0.6) is 5.75 Å². The number of aromatic carboxylic acids is 1. The van der Waals surface area contributed by atoms with Crippen LogP contribution in [0.25, 0.3) is 0 Å². The fourth-order valence-electron chi connectivity index (χ4n) is 1.70. The molecule has 1 aromatic rings. The molecule has 0 radical (unpaired) electrons. The summed E-state index contributed by atoms with van der Waals surface area (Å²) < 4.78 is 0. The number of carboxylic acids is 1. The number of phenols is 1. The Bertz CT molecular complexity index is 445. The van der Waals surface area contributed by atoms with Gasteiger partial charge >= 0.3 is 5.97 Å². The number of hydrogen-bond donors (Lipinski definition) is 4. The summed E-state index contributed by atoms with van der Waals surface area (Å²) in [5.74, 6) is -1.40. The standard InChI is InChI=1S/C8H7NO4.C8H18.C2H7N/c10-4-9-6-2-1-5(8(12)13)3-7(6)11;1-3-5-7-8-6-4-2;1-3-2/h1-4,11H,(H,9,10)(H,12,13);3-8H2,1-2H3;3H,1-2H3. The average Bonchev–Trinajstić information content (AvgIpc) is 2.55. The van der Waals surface area contributed by atoms with Crippen molar-refractivity contribution in [1.29, 1.82) is 0 Å². The maximum Gasteiger partial charge on any atom is 0.335 e. The van der Waals surface area contributed by atoms with Gasteiger partial charge in [0.25, 0.3) is 0 Å². The van der Waals surface area contributed by atoms with Crippen molar-refractivity contribution in [3.63, 3.8) is 0 Å². The van der Waals surface area contributed by atoms with E-state index in [0.717, 1.165) is 6.07 Å². The number of benzene rings is 1. The van der Waals surface area contributed by atoms with Crippen molar-refractivity contribution in [1.82, 2.24) is 5.32 Å². The number of nitrogens with one attached hydrogen (secondary N) is 2. The molecule has 0 aromatic heterocycles. The molecule has 6 nitrogen and oxygen atoms in total. The Labute approximate surface area is 145 Å². The predicted molar refractivity (Wildman–Crippen MR) is 98.8 cm³/mol. The van der Waals surface area contributed by atoms with Gasteiger partial charge in [0.05, 0.1) is 11.3 Å². The largest absolute Gasteiger partial charge is 0.506 e. The van der Waals surface area contributed by atoms with Crippen molar-refractivity contribution in [2.75, 3.05) is 19.4 Å². The summed E-state index contributed by atoms with van der Waals surface area (Å²) in [6.45, 7) is 4.51. The minimum Gasteiger partial charge on any atom is -0.506 e. The van der Waals surface area contributed by atoms with E-state index in [9.17, 15) is 14.7 Å². The van der Waals surface area contributed by atoms with Gasteiger partial charge in [0.15, 0.2) is 0 Å². The van der Waals surface area contributed by atoms with Crippen LogP contribution >= 0.6 is 0 Å². The molecule has 1 aromatic carbocycles. The van der Waals surface area contributed by atoms with Gasteiger partial charge in [-0.25, -0.2) is 4.79 Å². The second kappa shape index (κ2) is 17.3. The van der Waals surface area contributed by atoms with E-state index in [1.165, 1.54) is 50.7 Å². The lowest BCUT2D eigenvalue weighted by molar-refractivity contribution is -0.105. The third-order valence-corrected chi connectivity index (χ3v) is 2.92. The smallest absolute Gasteiger partial charge is 0.335 e. The van der Waals surface area contributed by atoms with Crippen molar-refractivity contribution >= 4 is 18.1 Å². The number of hydrogen-bond acceptors (Lipinski definition) is 4. The van der Waals surface area contributed by atoms with Crippen molar-refractivity contribution in [3.05, 3.63) is 23.8 Å². The highest BCUT2D eigenvalue weighted by atomic mass is 16.4. The summed E-state index contributed by atoms with van der Waals surface area (Å²) in [4.78, 5) is 20.4. The first-order valence-corrected chi connectivity index (χ1v) is 8.33. The Kier molecular flexibility index (Phi) is 17.4. The highest BCUT2D eigenvalue weighted by Crippen LogP contribution is 2.23. The van der Waals surface area contributed by atoms with Crippen LogP contribution in [0, 0.1) is 0 Å². The van der Waals surface area contributed by atoms with Gasteiger partial charge in [0.2, 0.25) is 6.41 Å². The highest BCUT2D eigenvalue weighted by molar-refractivity contribution is 5.89. The second-order valence-electron chi connectivity index (χ2n) is 5.21. The number of rotatable bonds is 8. The molecule has 0 aliphatic carbocycles. The van der Waals surface area contributed by atoms with E-state index in [0.29, 0.717) is 6.41 Å². The average molecular weight is 340 g/mol. The summed E-state index contributed by atoms with van der Waals surface area (Å²) >= 11 is 0. The quantitative estimate of drug-likeness (QED) is 0.327. The maximum atomic E-state index is 10.4. The number of carbonyl (C=O) groups excluding carboxylic acids is 1. The minimum atomic E-state index is -1.13. The van der Waals surface area contributed by atoms with E-state index in [1.54, 1.807) is 0 Å². The van der Waals surface area contributed by atoms with E-state index in [1.807, 2.05) is 14.1 Å². The lowest BCUT2D eigenvalue weighted by Crippen LogP contribution is -1.98. The molecule has 0 saturated heterocycles. The molecule has 0 heterocycles. The first kappa shape index (κ1) is 24.2. The molecule has 0 unspecified atom stereocenters. The van der Waals surface area contributed by atoms with Gasteiger partial charge in [0, 0.05) is 0 Å². The number of carboxylic acid groups (broad SMARTS) is 1. The van der Waals surface area contributed by atoms with Gasteiger partial charge in [-0.15, -0.1) is 0 Å². The Hall–Kier alpha value is -2.08. The molecular formula is C18H32N2O4. The molecule has 0 aliphatic rings. The molecule has 0 saturated carbocycles. The third-order valence-electron chi connectivity index (χ3n) is 2.92. The monoisotopic (exact) mass is 340 g/mol. The lowest BCUT2D eigenvalue weighted by atomic mass is 10.1. The summed E-state index contributed by atoms with van der Waals surface area (Å²) in [7, 11) is 3.75. The van der Waals surface area contributed by atoms with Crippen LogP contribution in [0.15, 0.2) is 18.2 Å². The zero-order valence-electron chi connectivity index (χ0n) is 15.3. The first-order chi connectivity index (χ1) is 11.5. The summed E-state index contributed by atoms with van der Waals surface area (Å²) in [6.07, 6.45) is 8.89. The molecule has 0 aliphatic heterocycles. The Morgan fingerprint density at radius 2 is 1.58 bits per heavy atom. The molecule has 0 spiro atoms. The summed E-state index contributed by atoms with van der Waals surface area (Å²) in [6, 6.07) is 3.66. The van der Waals surface area contributed by atoms with Gasteiger partial charge in [-0.1, -0.05) is 52.4 Å². The van der Waals surface area contributed by atoms with E-state index < -0.39 is 5.97 Å². The van der Waals surface area contributed by atoms with Crippen LogP contribution in [-0.2, 0) is 4.79 Å². The topological polar surface area (TPSA) is 98.7 Å². The number of carbonyl (C=O) groups is 2. The second-order valence-corrected chi connectivity index (χ2v) is 5.21. The van der Waals surface area contributed by atoms with Crippen molar-refractivity contribution < 1.29 is 19.8 Å². The minimum absolute atomic E-state index is 0.0334. The number of aromatic hydroxyl groups is 1. The van der Waals surface area contributed by atoms with Crippen molar-refractivity contribution in [2.24, 2.45) is 0 Å². The first-order valence-electron chi connectivity index (χ1n) is 8.33. The molecule has 0 bridgehead atoms. The van der Waals surface area contributed by atoms with Crippen molar-refractivity contribution in [2.45, 2.75) is 52.4 Å². The number of anilines is 1. The predicted octanol–water partition coefficient (Wildman–Crippen LogP) is 3.86. The van der Waals surface area contributed by atoms with Gasteiger partial charge in [0.1, 0.15) is 5.75 Å². The molecular weight excluding hydrogens is 308 g/mol. The fraction of sp³-hybridized carbons (Fsp3) is 0.556. The van der Waals surface area contributed by atoms with Crippen LogP contribution in [0.4, 0.5) is 5.69 Å². The van der Waals surface area contributed by atoms with Gasteiger partial charge in [-0.3, -0.25) is 4.79 Å². The highest BCUT2D eigenvalue weighted by Gasteiger charge is 2.06. The number of phenolic OH excluding ortho intramolecular Hbond substituents is 1. The summed E-state index contributed by atoms with van der Waals surface area (Å²) in [5.41, 5.74) is 0.147. The Morgan fingerprint density at radius 1 is 1.08 bits per heavy atom. The van der Waals surface area contributed by atoms with Crippen LogP contribution in [-0.4, -0.2) is 36.7 Å². The normalized spacial score (nSPS) is 9.00. The molecule has 138 valence electrons. The maximum absolute atomic E-state index is 10.4. The van der Waals surface area contributed by atoms with Crippen LogP contribution in [0.2, 0.25) is 0 Å². The molecule has 6 heteroatoms. The fourth-order valence-corrected chi connectivity index (χ4v) is 1.70. The van der Waals surface area contributed by atoms with Crippen LogP contribution in [0.1, 0.15) is 62.7 Å². The van der Waals surface area contributed by atoms with Gasteiger partial charge in [-0.2, -0.15) is 0 Å². The molecule has 4 N–H and O–H groups in total. The van der Waals surface area contributed by atoms with E-state index >= 15 is 0 Å². The van der Waals surface area contributed by atoms with Gasteiger partial charge in [-0.05, 0) is 32.3 Å². The molecule has 0 fully saturated rings.